The van der Waals surface area contributed by atoms with Gasteiger partial charge in [-0.25, -0.2) is 4.79 Å². The van der Waals surface area contributed by atoms with Gasteiger partial charge in [-0.1, -0.05) is 43.6 Å². The number of benzene rings is 2. The Morgan fingerprint density at radius 3 is 2.81 bits per heavy atom. The van der Waals surface area contributed by atoms with Gasteiger partial charge in [-0.2, -0.15) is 5.10 Å². The van der Waals surface area contributed by atoms with Crippen molar-refractivity contribution in [2.75, 3.05) is 13.2 Å². The number of cyclic esters (lactones) is 1. The highest BCUT2D eigenvalue weighted by Crippen LogP contribution is 2.20. The standard InChI is InChI=1S/C24H27ClN4O3/c1-16(2)10-21(29-8-9-32-24(29)31)15-28-14-19-7-6-18(12-22(19)27-28)23(30)26-13-17-4-3-5-20(25)11-17/h3-7,11-12,14,16,21H,8-10,13,15H2,1-2H3,(H,26,30). The molecule has 1 unspecified atom stereocenters. The summed E-state index contributed by atoms with van der Waals surface area (Å²) in [6.07, 6.45) is 2.56. The van der Waals surface area contributed by atoms with Gasteiger partial charge < -0.3 is 10.1 Å². The van der Waals surface area contributed by atoms with Crippen LogP contribution in [0.15, 0.2) is 48.7 Å². The van der Waals surface area contributed by atoms with E-state index in [4.69, 9.17) is 16.3 Å². The Bertz CT molecular complexity index is 1130. The molecule has 1 aromatic heterocycles. The van der Waals surface area contributed by atoms with Crippen LogP contribution in [0.25, 0.3) is 10.9 Å². The van der Waals surface area contributed by atoms with Gasteiger partial charge in [0.1, 0.15) is 6.61 Å². The number of amides is 2. The van der Waals surface area contributed by atoms with E-state index in [1.54, 1.807) is 23.1 Å². The third-order valence-corrected chi connectivity index (χ3v) is 5.77. The summed E-state index contributed by atoms with van der Waals surface area (Å²) < 4.78 is 6.99. The van der Waals surface area contributed by atoms with Crippen LogP contribution in [0.1, 0.15) is 36.2 Å². The predicted molar refractivity (Wildman–Crippen MR) is 124 cm³/mol. The van der Waals surface area contributed by atoms with Gasteiger partial charge in [-0.15, -0.1) is 0 Å². The van der Waals surface area contributed by atoms with Gasteiger partial charge in [0, 0.05) is 28.7 Å². The van der Waals surface area contributed by atoms with Crippen molar-refractivity contribution in [3.05, 3.63) is 64.8 Å². The molecule has 7 nitrogen and oxygen atoms in total. The number of hydrogen-bond acceptors (Lipinski definition) is 4. The number of halogens is 1. The van der Waals surface area contributed by atoms with Crippen LogP contribution in [0.4, 0.5) is 4.79 Å². The minimum absolute atomic E-state index is 0.0137. The van der Waals surface area contributed by atoms with Gasteiger partial charge in [0.15, 0.2) is 0 Å². The predicted octanol–water partition coefficient (Wildman–Crippen LogP) is 4.49. The van der Waals surface area contributed by atoms with Crippen LogP contribution in [0.3, 0.4) is 0 Å². The first kappa shape index (κ1) is 22.1. The zero-order valence-electron chi connectivity index (χ0n) is 18.3. The van der Waals surface area contributed by atoms with Crippen molar-refractivity contribution in [3.63, 3.8) is 0 Å². The fraction of sp³-hybridized carbons (Fsp3) is 0.375. The van der Waals surface area contributed by atoms with Crippen LogP contribution >= 0.6 is 11.6 Å². The summed E-state index contributed by atoms with van der Waals surface area (Å²) in [6, 6.07) is 12.9. The Morgan fingerprint density at radius 1 is 1.25 bits per heavy atom. The molecule has 3 aromatic rings. The second-order valence-corrected chi connectivity index (χ2v) is 8.96. The third kappa shape index (κ3) is 5.22. The summed E-state index contributed by atoms with van der Waals surface area (Å²) in [5.41, 5.74) is 2.23. The van der Waals surface area contributed by atoms with Gasteiger partial charge in [0.2, 0.25) is 0 Å². The van der Waals surface area contributed by atoms with Crippen molar-refractivity contribution >= 4 is 34.5 Å². The molecule has 1 fully saturated rings. The molecule has 8 heteroatoms. The number of fused-ring (bicyclic) bond motifs is 1. The number of nitrogens with one attached hydrogen (secondary N) is 1. The number of nitrogens with zero attached hydrogens (tertiary/aromatic N) is 3. The zero-order valence-corrected chi connectivity index (χ0v) is 19.0. The second-order valence-electron chi connectivity index (χ2n) is 8.53. The summed E-state index contributed by atoms with van der Waals surface area (Å²) in [5, 5.41) is 9.18. The summed E-state index contributed by atoms with van der Waals surface area (Å²) in [7, 11) is 0. The molecule has 4 rings (SSSR count). The van der Waals surface area contributed by atoms with Crippen molar-refractivity contribution in [2.45, 2.75) is 39.4 Å². The molecule has 1 N–H and O–H groups in total. The van der Waals surface area contributed by atoms with Crippen molar-refractivity contribution in [1.82, 2.24) is 20.0 Å². The lowest BCUT2D eigenvalue weighted by Gasteiger charge is -2.27. The molecule has 2 amide bonds. The molecule has 2 heterocycles. The normalized spacial score (nSPS) is 14.8. The Kier molecular flexibility index (Phi) is 6.65. The molecule has 0 bridgehead atoms. The zero-order chi connectivity index (χ0) is 22.7. The van der Waals surface area contributed by atoms with E-state index in [2.05, 4.69) is 24.3 Å². The fourth-order valence-corrected chi connectivity index (χ4v) is 4.24. The minimum atomic E-state index is -0.258. The minimum Gasteiger partial charge on any atom is -0.448 e. The monoisotopic (exact) mass is 454 g/mol. The van der Waals surface area contributed by atoms with Gasteiger partial charge in [-0.05, 0) is 42.2 Å². The quantitative estimate of drug-likeness (QED) is 0.544. The Balaban J connectivity index is 1.46. The van der Waals surface area contributed by atoms with E-state index in [1.165, 1.54) is 0 Å². The number of carbonyl (C=O) groups excluding carboxylic acids is 2. The average Bonchev–Trinajstić information content (AvgIpc) is 3.36. The van der Waals surface area contributed by atoms with Crippen LogP contribution in [0, 0.1) is 5.92 Å². The number of ether oxygens (including phenoxy) is 1. The average molecular weight is 455 g/mol. The molecule has 1 aliphatic heterocycles. The van der Waals surface area contributed by atoms with E-state index >= 15 is 0 Å². The van der Waals surface area contributed by atoms with E-state index in [-0.39, 0.29) is 18.0 Å². The van der Waals surface area contributed by atoms with E-state index in [9.17, 15) is 9.59 Å². The molecular formula is C24H27ClN4O3. The van der Waals surface area contributed by atoms with E-state index < -0.39 is 0 Å². The lowest BCUT2D eigenvalue weighted by Crippen LogP contribution is -2.40. The summed E-state index contributed by atoms with van der Waals surface area (Å²) in [5.74, 6) is 0.270. The molecule has 168 valence electrons. The van der Waals surface area contributed by atoms with E-state index in [0.717, 1.165) is 22.9 Å². The molecule has 0 spiro atoms. The molecule has 1 atom stereocenters. The first-order valence-corrected chi connectivity index (χ1v) is 11.2. The molecule has 1 saturated heterocycles. The summed E-state index contributed by atoms with van der Waals surface area (Å²) >= 11 is 6.01. The molecule has 0 saturated carbocycles. The van der Waals surface area contributed by atoms with Crippen molar-refractivity contribution < 1.29 is 14.3 Å². The number of carbonyl (C=O) groups is 2. The first-order chi connectivity index (χ1) is 15.4. The Hall–Kier alpha value is -3.06. The van der Waals surface area contributed by atoms with Crippen LogP contribution < -0.4 is 5.32 Å². The maximum atomic E-state index is 12.6. The number of hydrogen-bond donors (Lipinski definition) is 1. The van der Waals surface area contributed by atoms with Gasteiger partial charge in [-0.3, -0.25) is 14.4 Å². The third-order valence-electron chi connectivity index (χ3n) is 5.53. The maximum absolute atomic E-state index is 12.6. The first-order valence-electron chi connectivity index (χ1n) is 10.8. The molecular weight excluding hydrogens is 428 g/mol. The molecule has 2 aromatic carbocycles. The van der Waals surface area contributed by atoms with Gasteiger partial charge in [0.05, 0.1) is 24.6 Å². The Morgan fingerprint density at radius 2 is 2.09 bits per heavy atom. The molecule has 0 radical (unpaired) electrons. The maximum Gasteiger partial charge on any atom is 0.410 e. The lowest BCUT2D eigenvalue weighted by atomic mass is 10.0. The molecule has 0 aliphatic carbocycles. The topological polar surface area (TPSA) is 76.5 Å². The highest BCUT2D eigenvalue weighted by Gasteiger charge is 2.30. The second kappa shape index (κ2) is 9.61. The molecule has 32 heavy (non-hydrogen) atoms. The summed E-state index contributed by atoms with van der Waals surface area (Å²) in [6.45, 7) is 6.30. The number of rotatable bonds is 8. The molecule has 1 aliphatic rings. The SMILES string of the molecule is CC(C)CC(Cn1cc2ccc(C(=O)NCc3cccc(Cl)c3)cc2n1)N1CCOC1=O. The smallest absolute Gasteiger partial charge is 0.410 e. The van der Waals surface area contributed by atoms with Gasteiger partial charge >= 0.3 is 6.09 Å². The fourth-order valence-electron chi connectivity index (χ4n) is 4.03. The van der Waals surface area contributed by atoms with E-state index in [1.807, 2.05) is 35.1 Å². The van der Waals surface area contributed by atoms with Crippen molar-refractivity contribution in [2.24, 2.45) is 5.92 Å². The highest BCUT2D eigenvalue weighted by atomic mass is 35.5. The van der Waals surface area contributed by atoms with Crippen LogP contribution in [0.2, 0.25) is 5.02 Å². The van der Waals surface area contributed by atoms with E-state index in [0.29, 0.717) is 42.7 Å². The van der Waals surface area contributed by atoms with Crippen molar-refractivity contribution in [3.8, 4) is 0 Å². The Labute approximate surface area is 192 Å². The van der Waals surface area contributed by atoms with Crippen LogP contribution in [-0.2, 0) is 17.8 Å². The van der Waals surface area contributed by atoms with Crippen LogP contribution in [-0.4, -0.2) is 45.9 Å². The number of aromatic nitrogens is 2. The van der Waals surface area contributed by atoms with Crippen molar-refractivity contribution in [1.29, 1.82) is 0 Å². The highest BCUT2D eigenvalue weighted by molar-refractivity contribution is 6.30. The summed E-state index contributed by atoms with van der Waals surface area (Å²) in [4.78, 5) is 26.5. The largest absolute Gasteiger partial charge is 0.448 e. The van der Waals surface area contributed by atoms with Gasteiger partial charge in [0.25, 0.3) is 5.91 Å². The lowest BCUT2D eigenvalue weighted by molar-refractivity contribution is 0.0951. The van der Waals surface area contributed by atoms with Crippen LogP contribution in [0.5, 0.6) is 0 Å².